The van der Waals surface area contributed by atoms with Gasteiger partial charge in [-0.2, -0.15) is 8.42 Å². The van der Waals surface area contributed by atoms with Gasteiger partial charge in [0.15, 0.2) is 0 Å². The highest BCUT2D eigenvalue weighted by Crippen LogP contribution is 2.16. The van der Waals surface area contributed by atoms with Gasteiger partial charge in [-0.1, -0.05) is 13.3 Å². The summed E-state index contributed by atoms with van der Waals surface area (Å²) in [5.41, 5.74) is 5.91. The van der Waals surface area contributed by atoms with Crippen molar-refractivity contribution < 1.29 is 12.6 Å². The summed E-state index contributed by atoms with van der Waals surface area (Å²) >= 11 is 0. The Bertz CT molecular complexity index is 260. The van der Waals surface area contributed by atoms with Crippen LogP contribution in [-0.4, -0.2) is 26.8 Å². The largest absolute Gasteiger partial charge is 0.325 e. The summed E-state index contributed by atoms with van der Waals surface area (Å²) < 4.78 is 25.9. The first-order chi connectivity index (χ1) is 6.77. The van der Waals surface area contributed by atoms with E-state index in [9.17, 15) is 8.42 Å². The minimum Gasteiger partial charge on any atom is -0.325 e. The number of unbranched alkanes of at least 4 members (excludes halogenated alkanes) is 1. The van der Waals surface area contributed by atoms with E-state index in [1.54, 1.807) is 0 Å². The highest BCUT2D eigenvalue weighted by molar-refractivity contribution is 7.85. The van der Waals surface area contributed by atoms with Gasteiger partial charge in [0, 0.05) is 5.54 Å². The van der Waals surface area contributed by atoms with Crippen LogP contribution in [0, 0.1) is 0 Å². The average molecular weight is 237 g/mol. The summed E-state index contributed by atoms with van der Waals surface area (Å²) in [7, 11) is -3.28. The van der Waals surface area contributed by atoms with Crippen LogP contribution in [-0.2, 0) is 14.3 Å². The molecular weight excluding hydrogens is 214 g/mol. The highest BCUT2D eigenvalue weighted by Gasteiger charge is 2.16. The molecule has 0 aromatic carbocycles. The zero-order valence-electron chi connectivity index (χ0n) is 9.95. The molecule has 2 N–H and O–H groups in total. The van der Waals surface area contributed by atoms with E-state index >= 15 is 0 Å². The predicted molar refractivity (Wildman–Crippen MR) is 62.1 cm³/mol. The van der Waals surface area contributed by atoms with Crippen LogP contribution in [0.2, 0.25) is 0 Å². The van der Waals surface area contributed by atoms with Gasteiger partial charge in [-0.05, 0) is 32.6 Å². The van der Waals surface area contributed by atoms with Crippen molar-refractivity contribution in [2.24, 2.45) is 5.73 Å². The van der Waals surface area contributed by atoms with Gasteiger partial charge < -0.3 is 5.73 Å². The second-order valence-corrected chi connectivity index (χ2v) is 6.03. The zero-order chi connectivity index (χ0) is 11.9. The van der Waals surface area contributed by atoms with Gasteiger partial charge in [-0.25, -0.2) is 0 Å². The van der Waals surface area contributed by atoms with E-state index in [4.69, 9.17) is 5.73 Å². The first kappa shape index (κ1) is 14.9. The van der Waals surface area contributed by atoms with E-state index in [-0.39, 0.29) is 12.1 Å². The lowest BCUT2D eigenvalue weighted by Crippen LogP contribution is -2.35. The van der Waals surface area contributed by atoms with E-state index in [0.29, 0.717) is 0 Å². The molecule has 0 aliphatic heterocycles. The Balaban J connectivity index is 3.54. The van der Waals surface area contributed by atoms with Gasteiger partial charge in [0.05, 0.1) is 12.9 Å². The summed E-state index contributed by atoms with van der Waals surface area (Å²) in [6.07, 6.45) is 5.70. The molecule has 1 unspecified atom stereocenters. The normalized spacial score (nSPS) is 16.3. The standard InChI is InChI=1S/C10H23NO3S/c1-4-7-10(2,11)8-5-6-9-14-15(3,12)13/h4-9,11H2,1-3H3. The van der Waals surface area contributed by atoms with E-state index in [0.717, 1.165) is 38.4 Å². The molecule has 4 nitrogen and oxygen atoms in total. The molecule has 0 spiro atoms. The highest BCUT2D eigenvalue weighted by atomic mass is 32.2. The molecule has 15 heavy (non-hydrogen) atoms. The van der Waals surface area contributed by atoms with Gasteiger partial charge in [-0.3, -0.25) is 4.18 Å². The molecule has 0 saturated heterocycles. The van der Waals surface area contributed by atoms with Crippen LogP contribution in [0.1, 0.15) is 46.0 Å². The molecule has 0 rings (SSSR count). The van der Waals surface area contributed by atoms with Crippen LogP contribution >= 0.6 is 0 Å². The van der Waals surface area contributed by atoms with Crippen LogP contribution in [0.5, 0.6) is 0 Å². The maximum atomic E-state index is 10.6. The molecule has 0 heterocycles. The molecule has 5 heteroatoms. The predicted octanol–water partition coefficient (Wildman–Crippen LogP) is 1.65. The molecule has 0 amide bonds. The van der Waals surface area contributed by atoms with Crippen LogP contribution in [0.15, 0.2) is 0 Å². The van der Waals surface area contributed by atoms with E-state index < -0.39 is 10.1 Å². The molecule has 0 aromatic rings. The minimum atomic E-state index is -3.28. The summed E-state index contributed by atoms with van der Waals surface area (Å²) in [4.78, 5) is 0. The Kier molecular flexibility index (Phi) is 6.40. The smallest absolute Gasteiger partial charge is 0.264 e. The Morgan fingerprint density at radius 3 is 2.33 bits per heavy atom. The monoisotopic (exact) mass is 237 g/mol. The van der Waals surface area contributed by atoms with Crippen molar-refractivity contribution in [3.8, 4) is 0 Å². The molecule has 0 aliphatic carbocycles. The van der Waals surface area contributed by atoms with Crippen LogP contribution in [0.4, 0.5) is 0 Å². The third-order valence-corrected chi connectivity index (χ3v) is 2.86. The van der Waals surface area contributed by atoms with Gasteiger partial charge in [-0.15, -0.1) is 0 Å². The third-order valence-electron chi connectivity index (χ3n) is 2.26. The molecule has 0 aliphatic rings. The Morgan fingerprint density at radius 2 is 1.87 bits per heavy atom. The fourth-order valence-corrected chi connectivity index (χ4v) is 1.96. The summed E-state index contributed by atoms with van der Waals surface area (Å²) in [6.45, 7) is 4.41. The molecule has 0 bridgehead atoms. The maximum absolute atomic E-state index is 10.6. The number of rotatable bonds is 8. The quantitative estimate of drug-likeness (QED) is 0.515. The van der Waals surface area contributed by atoms with Crippen LogP contribution < -0.4 is 5.73 Å². The summed E-state index contributed by atoms with van der Waals surface area (Å²) in [6, 6.07) is 0. The number of hydrogen-bond donors (Lipinski definition) is 1. The topological polar surface area (TPSA) is 69.4 Å². The van der Waals surface area contributed by atoms with Crippen LogP contribution in [0.25, 0.3) is 0 Å². The van der Waals surface area contributed by atoms with Gasteiger partial charge in [0.2, 0.25) is 0 Å². The summed E-state index contributed by atoms with van der Waals surface area (Å²) in [5.74, 6) is 0. The average Bonchev–Trinajstić information content (AvgIpc) is 2.00. The molecule has 0 fully saturated rings. The number of nitrogens with two attached hydrogens (primary N) is 1. The number of hydrogen-bond acceptors (Lipinski definition) is 4. The van der Waals surface area contributed by atoms with E-state index in [1.165, 1.54) is 0 Å². The summed E-state index contributed by atoms with van der Waals surface area (Å²) in [5, 5.41) is 0. The van der Waals surface area contributed by atoms with Crippen molar-refractivity contribution in [1.82, 2.24) is 0 Å². The second-order valence-electron chi connectivity index (χ2n) is 4.39. The lowest BCUT2D eigenvalue weighted by atomic mass is 9.91. The van der Waals surface area contributed by atoms with Crippen molar-refractivity contribution in [3.05, 3.63) is 0 Å². The molecular formula is C10H23NO3S. The SMILES string of the molecule is CCCC(C)(N)CCCCOS(C)(=O)=O. The fraction of sp³-hybridized carbons (Fsp3) is 1.00. The van der Waals surface area contributed by atoms with Crippen molar-refractivity contribution in [3.63, 3.8) is 0 Å². The molecule has 0 saturated carbocycles. The lowest BCUT2D eigenvalue weighted by Gasteiger charge is -2.23. The lowest BCUT2D eigenvalue weighted by molar-refractivity contribution is 0.297. The fourth-order valence-electron chi connectivity index (χ4n) is 1.54. The maximum Gasteiger partial charge on any atom is 0.264 e. The Hall–Kier alpha value is -0.130. The first-order valence-electron chi connectivity index (χ1n) is 5.40. The minimum absolute atomic E-state index is 0.125. The van der Waals surface area contributed by atoms with Gasteiger partial charge >= 0.3 is 0 Å². The second kappa shape index (κ2) is 6.45. The van der Waals surface area contributed by atoms with Crippen molar-refractivity contribution in [2.75, 3.05) is 12.9 Å². The van der Waals surface area contributed by atoms with Crippen molar-refractivity contribution in [1.29, 1.82) is 0 Å². The van der Waals surface area contributed by atoms with E-state index in [2.05, 4.69) is 11.1 Å². The van der Waals surface area contributed by atoms with Crippen molar-refractivity contribution >= 4 is 10.1 Å². The molecule has 0 aromatic heterocycles. The van der Waals surface area contributed by atoms with Crippen molar-refractivity contribution in [2.45, 2.75) is 51.5 Å². The van der Waals surface area contributed by atoms with E-state index in [1.807, 2.05) is 6.92 Å². The Labute approximate surface area is 93.3 Å². The van der Waals surface area contributed by atoms with Crippen LogP contribution in [0.3, 0.4) is 0 Å². The molecule has 0 radical (unpaired) electrons. The first-order valence-corrected chi connectivity index (χ1v) is 7.22. The molecule has 1 atom stereocenters. The molecule has 92 valence electrons. The van der Waals surface area contributed by atoms with Gasteiger partial charge in [0.1, 0.15) is 0 Å². The Morgan fingerprint density at radius 1 is 1.27 bits per heavy atom. The van der Waals surface area contributed by atoms with Gasteiger partial charge in [0.25, 0.3) is 10.1 Å². The third kappa shape index (κ3) is 10.2. The zero-order valence-corrected chi connectivity index (χ0v) is 10.8.